The Morgan fingerprint density at radius 2 is 2.05 bits per heavy atom. The highest BCUT2D eigenvalue weighted by Gasteiger charge is 2.24. The van der Waals surface area contributed by atoms with Crippen LogP contribution in [0.1, 0.15) is 30.1 Å². The molecule has 1 aromatic carbocycles. The maximum absolute atomic E-state index is 11.9. The minimum absolute atomic E-state index is 0.131. The molecule has 2 rings (SSSR count). The van der Waals surface area contributed by atoms with E-state index in [0.717, 1.165) is 12.8 Å². The number of amides is 2. The second-order valence-electron chi connectivity index (χ2n) is 5.12. The van der Waals surface area contributed by atoms with Gasteiger partial charge in [-0.15, -0.1) is 0 Å². The van der Waals surface area contributed by atoms with Crippen molar-refractivity contribution in [3.05, 3.63) is 29.8 Å². The number of ether oxygens (including phenoxy) is 1. The fourth-order valence-electron chi connectivity index (χ4n) is 1.67. The first-order chi connectivity index (χ1) is 9.95. The molecular weight excluding hydrogens is 272 g/mol. The van der Waals surface area contributed by atoms with E-state index in [4.69, 9.17) is 4.74 Å². The van der Waals surface area contributed by atoms with Crippen LogP contribution in [-0.2, 0) is 9.59 Å². The maximum atomic E-state index is 11.9. The van der Waals surface area contributed by atoms with Gasteiger partial charge in [0.05, 0.1) is 0 Å². The summed E-state index contributed by atoms with van der Waals surface area (Å²) >= 11 is 0. The molecule has 1 fully saturated rings. The van der Waals surface area contributed by atoms with E-state index in [1.54, 1.807) is 18.2 Å². The molecule has 21 heavy (non-hydrogen) atoms. The van der Waals surface area contributed by atoms with Crippen molar-refractivity contribution in [3.8, 4) is 5.75 Å². The lowest BCUT2D eigenvalue weighted by Crippen LogP contribution is -2.32. The van der Waals surface area contributed by atoms with Crippen LogP contribution in [0.25, 0.3) is 0 Å². The average Bonchev–Trinajstić information content (AvgIpc) is 3.22. The zero-order valence-electron chi connectivity index (χ0n) is 12.1. The van der Waals surface area contributed by atoms with Crippen molar-refractivity contribution >= 4 is 17.8 Å². The standard InChI is InChI=1S/C15H18N2O4/c1-10(18)17(2)9-14(19)21-13-5-3-4-11(8-13)15(20)16-12-6-7-12/h3-5,8,12H,6-7,9H2,1-2H3,(H,16,20). The fraction of sp³-hybridized carbons (Fsp3) is 0.400. The number of benzene rings is 1. The van der Waals surface area contributed by atoms with E-state index >= 15 is 0 Å². The maximum Gasteiger partial charge on any atom is 0.331 e. The molecule has 1 aliphatic rings. The Morgan fingerprint density at radius 3 is 2.67 bits per heavy atom. The van der Waals surface area contributed by atoms with Crippen LogP contribution in [0.2, 0.25) is 0 Å². The lowest BCUT2D eigenvalue weighted by molar-refractivity contribution is -0.140. The van der Waals surface area contributed by atoms with Gasteiger partial charge in [-0.25, -0.2) is 4.79 Å². The van der Waals surface area contributed by atoms with Crippen LogP contribution >= 0.6 is 0 Å². The molecule has 0 saturated heterocycles. The van der Waals surface area contributed by atoms with Crippen molar-refractivity contribution in [2.75, 3.05) is 13.6 Å². The fourth-order valence-corrected chi connectivity index (χ4v) is 1.67. The van der Waals surface area contributed by atoms with Gasteiger partial charge < -0.3 is 15.0 Å². The van der Waals surface area contributed by atoms with Gasteiger partial charge in [0.25, 0.3) is 5.91 Å². The molecule has 0 aromatic heterocycles. The van der Waals surface area contributed by atoms with Gasteiger partial charge in [0, 0.05) is 25.6 Å². The van der Waals surface area contributed by atoms with Gasteiger partial charge in [0.2, 0.25) is 5.91 Å². The quantitative estimate of drug-likeness (QED) is 0.647. The summed E-state index contributed by atoms with van der Waals surface area (Å²) < 4.78 is 5.13. The average molecular weight is 290 g/mol. The SMILES string of the molecule is CC(=O)N(C)CC(=O)Oc1cccc(C(=O)NC2CC2)c1. The third-order valence-corrected chi connectivity index (χ3v) is 3.14. The molecule has 112 valence electrons. The molecule has 1 saturated carbocycles. The minimum atomic E-state index is -0.549. The zero-order chi connectivity index (χ0) is 15.4. The summed E-state index contributed by atoms with van der Waals surface area (Å²) in [5, 5.41) is 2.87. The number of likely N-dealkylation sites (N-methyl/N-ethyl adjacent to an activating group) is 1. The van der Waals surface area contributed by atoms with Crippen LogP contribution in [0.4, 0.5) is 0 Å². The van der Waals surface area contributed by atoms with E-state index in [1.165, 1.54) is 24.9 Å². The number of nitrogens with one attached hydrogen (secondary N) is 1. The molecule has 0 heterocycles. The molecular formula is C15H18N2O4. The zero-order valence-corrected chi connectivity index (χ0v) is 12.1. The van der Waals surface area contributed by atoms with E-state index < -0.39 is 5.97 Å². The summed E-state index contributed by atoms with van der Waals surface area (Å²) in [5.41, 5.74) is 0.451. The smallest absolute Gasteiger partial charge is 0.331 e. The van der Waals surface area contributed by atoms with Gasteiger partial charge in [-0.05, 0) is 31.0 Å². The molecule has 0 spiro atoms. The van der Waals surface area contributed by atoms with Crippen LogP contribution in [-0.4, -0.2) is 42.3 Å². The number of carbonyl (C=O) groups is 3. The summed E-state index contributed by atoms with van der Waals surface area (Å²) in [7, 11) is 1.52. The number of rotatable bonds is 5. The van der Waals surface area contributed by atoms with Gasteiger partial charge in [-0.1, -0.05) is 6.07 Å². The number of nitrogens with zero attached hydrogens (tertiary/aromatic N) is 1. The van der Waals surface area contributed by atoms with E-state index in [2.05, 4.69) is 5.32 Å². The van der Waals surface area contributed by atoms with Crippen LogP contribution in [0.15, 0.2) is 24.3 Å². The van der Waals surface area contributed by atoms with Crippen LogP contribution in [0, 0.1) is 0 Å². The van der Waals surface area contributed by atoms with E-state index in [0.29, 0.717) is 11.3 Å². The second kappa shape index (κ2) is 6.39. The van der Waals surface area contributed by atoms with Crippen LogP contribution in [0.5, 0.6) is 5.75 Å². The van der Waals surface area contributed by atoms with Gasteiger partial charge >= 0.3 is 5.97 Å². The third kappa shape index (κ3) is 4.59. The Kier molecular flexibility index (Phi) is 4.57. The molecule has 0 unspecified atom stereocenters. The van der Waals surface area contributed by atoms with Crippen molar-refractivity contribution in [3.63, 3.8) is 0 Å². The molecule has 0 bridgehead atoms. The van der Waals surface area contributed by atoms with Crippen molar-refractivity contribution in [2.45, 2.75) is 25.8 Å². The Labute approximate surface area is 123 Å². The van der Waals surface area contributed by atoms with Gasteiger partial charge in [-0.2, -0.15) is 0 Å². The summed E-state index contributed by atoms with van der Waals surface area (Å²) in [6, 6.07) is 6.70. The summed E-state index contributed by atoms with van der Waals surface area (Å²) in [4.78, 5) is 35.9. The van der Waals surface area contributed by atoms with Gasteiger partial charge in [-0.3, -0.25) is 9.59 Å². The summed E-state index contributed by atoms with van der Waals surface area (Å²) in [6.07, 6.45) is 2.02. The molecule has 1 N–H and O–H groups in total. The lowest BCUT2D eigenvalue weighted by Gasteiger charge is -2.13. The van der Waals surface area contributed by atoms with Crippen LogP contribution < -0.4 is 10.1 Å². The first-order valence-corrected chi connectivity index (χ1v) is 6.79. The van der Waals surface area contributed by atoms with Crippen molar-refractivity contribution < 1.29 is 19.1 Å². The van der Waals surface area contributed by atoms with Crippen molar-refractivity contribution in [1.82, 2.24) is 10.2 Å². The normalized spacial score (nSPS) is 13.4. The van der Waals surface area contributed by atoms with Gasteiger partial charge in [0.15, 0.2) is 0 Å². The predicted molar refractivity (Wildman–Crippen MR) is 75.9 cm³/mol. The molecule has 1 aliphatic carbocycles. The Balaban J connectivity index is 1.95. The Morgan fingerprint density at radius 1 is 1.33 bits per heavy atom. The molecule has 2 amide bonds. The largest absolute Gasteiger partial charge is 0.425 e. The molecule has 6 nitrogen and oxygen atoms in total. The first kappa shape index (κ1) is 15.0. The number of esters is 1. The first-order valence-electron chi connectivity index (χ1n) is 6.79. The predicted octanol–water partition coefficient (Wildman–Crippen LogP) is 0.962. The summed E-state index contributed by atoms with van der Waals surface area (Å²) in [5.74, 6) is -0.645. The highest BCUT2D eigenvalue weighted by molar-refractivity contribution is 5.95. The third-order valence-electron chi connectivity index (χ3n) is 3.14. The Hall–Kier alpha value is -2.37. The van der Waals surface area contributed by atoms with E-state index in [-0.39, 0.29) is 24.4 Å². The topological polar surface area (TPSA) is 75.7 Å². The highest BCUT2D eigenvalue weighted by Crippen LogP contribution is 2.20. The highest BCUT2D eigenvalue weighted by atomic mass is 16.5. The van der Waals surface area contributed by atoms with Crippen LogP contribution in [0.3, 0.4) is 0 Å². The minimum Gasteiger partial charge on any atom is -0.425 e. The lowest BCUT2D eigenvalue weighted by atomic mass is 10.2. The molecule has 0 radical (unpaired) electrons. The monoisotopic (exact) mass is 290 g/mol. The van der Waals surface area contributed by atoms with Crippen molar-refractivity contribution in [2.24, 2.45) is 0 Å². The number of carbonyl (C=O) groups excluding carboxylic acids is 3. The van der Waals surface area contributed by atoms with E-state index in [1.807, 2.05) is 0 Å². The molecule has 6 heteroatoms. The Bertz CT molecular complexity index is 567. The summed E-state index contributed by atoms with van der Waals surface area (Å²) in [6.45, 7) is 1.24. The molecule has 0 aliphatic heterocycles. The second-order valence-corrected chi connectivity index (χ2v) is 5.12. The van der Waals surface area contributed by atoms with E-state index in [9.17, 15) is 14.4 Å². The van der Waals surface area contributed by atoms with Gasteiger partial charge in [0.1, 0.15) is 12.3 Å². The number of hydrogen-bond donors (Lipinski definition) is 1. The van der Waals surface area contributed by atoms with Crippen molar-refractivity contribution in [1.29, 1.82) is 0 Å². The molecule has 1 aromatic rings. The number of hydrogen-bond acceptors (Lipinski definition) is 4. The molecule has 0 atom stereocenters.